The van der Waals surface area contributed by atoms with E-state index in [9.17, 15) is 13.2 Å². The zero-order chi connectivity index (χ0) is 19.8. The Balaban J connectivity index is 1.93. The van der Waals surface area contributed by atoms with Gasteiger partial charge >= 0.3 is 0 Å². The van der Waals surface area contributed by atoms with E-state index in [1.165, 1.54) is 27.2 Å². The van der Waals surface area contributed by atoms with Gasteiger partial charge in [-0.15, -0.1) is 0 Å². The summed E-state index contributed by atoms with van der Waals surface area (Å²) in [5.74, 6) is 0.860. The number of hydrogen-bond donors (Lipinski definition) is 1. The molecule has 7 nitrogen and oxygen atoms in total. The molecule has 1 N–H and O–H groups in total. The van der Waals surface area contributed by atoms with Crippen LogP contribution in [0.25, 0.3) is 0 Å². The fourth-order valence-corrected chi connectivity index (χ4v) is 4.46. The maximum atomic E-state index is 12.8. The molecule has 27 heavy (non-hydrogen) atoms. The Kier molecular flexibility index (Phi) is 5.01. The third-order valence-corrected chi connectivity index (χ3v) is 5.93. The molecule has 2 aromatic rings. The summed E-state index contributed by atoms with van der Waals surface area (Å²) < 4.78 is 38.6. The van der Waals surface area contributed by atoms with Crippen molar-refractivity contribution in [1.82, 2.24) is 0 Å². The molecule has 1 amide bonds. The summed E-state index contributed by atoms with van der Waals surface area (Å²) >= 11 is 0. The number of benzene rings is 2. The Morgan fingerprint density at radius 2 is 1.89 bits per heavy atom. The van der Waals surface area contributed by atoms with Crippen molar-refractivity contribution in [3.63, 3.8) is 0 Å². The molecule has 1 atom stereocenters. The normalized spacial score (nSPS) is 16.0. The minimum atomic E-state index is -3.82. The second-order valence-electron chi connectivity index (χ2n) is 6.40. The van der Waals surface area contributed by atoms with Gasteiger partial charge in [0.25, 0.3) is 10.0 Å². The van der Waals surface area contributed by atoms with Gasteiger partial charge in [-0.3, -0.25) is 9.52 Å². The highest BCUT2D eigenvalue weighted by Crippen LogP contribution is 2.35. The number of nitrogens with one attached hydrogen (secondary N) is 1. The monoisotopic (exact) mass is 390 g/mol. The average Bonchev–Trinajstić information content (AvgIpc) is 2.96. The SMILES string of the molecule is COc1ccc(NS(=O)(=O)c2ccc3c(c2)C[C@H](C)N3C(C)=O)c(OC)c1. The predicted octanol–water partition coefficient (Wildman–Crippen LogP) is 2.80. The van der Waals surface area contributed by atoms with Crippen LogP contribution >= 0.6 is 0 Å². The highest BCUT2D eigenvalue weighted by atomic mass is 32.2. The predicted molar refractivity (Wildman–Crippen MR) is 103 cm³/mol. The van der Waals surface area contributed by atoms with E-state index >= 15 is 0 Å². The largest absolute Gasteiger partial charge is 0.497 e. The van der Waals surface area contributed by atoms with Gasteiger partial charge in [-0.05, 0) is 49.2 Å². The highest BCUT2D eigenvalue weighted by molar-refractivity contribution is 7.92. The van der Waals surface area contributed by atoms with Gasteiger partial charge < -0.3 is 14.4 Å². The van der Waals surface area contributed by atoms with Crippen molar-refractivity contribution in [1.29, 1.82) is 0 Å². The molecule has 1 aliphatic rings. The summed E-state index contributed by atoms with van der Waals surface area (Å²) in [4.78, 5) is 13.7. The number of carbonyl (C=O) groups excluding carboxylic acids is 1. The number of hydrogen-bond acceptors (Lipinski definition) is 5. The van der Waals surface area contributed by atoms with Gasteiger partial charge in [0.15, 0.2) is 0 Å². The first kappa shape index (κ1) is 19.0. The number of carbonyl (C=O) groups is 1. The minimum absolute atomic E-state index is 0.00472. The van der Waals surface area contributed by atoms with Gasteiger partial charge in [0.1, 0.15) is 11.5 Å². The van der Waals surface area contributed by atoms with E-state index in [2.05, 4.69) is 4.72 Å². The van der Waals surface area contributed by atoms with E-state index in [0.717, 1.165) is 11.3 Å². The van der Waals surface area contributed by atoms with Crippen molar-refractivity contribution in [3.8, 4) is 11.5 Å². The van der Waals surface area contributed by atoms with Crippen LogP contribution in [0.2, 0.25) is 0 Å². The van der Waals surface area contributed by atoms with E-state index in [-0.39, 0.29) is 16.8 Å². The molecule has 0 radical (unpaired) electrons. The van der Waals surface area contributed by atoms with Crippen molar-refractivity contribution in [2.24, 2.45) is 0 Å². The number of anilines is 2. The Labute approximate surface area is 158 Å². The van der Waals surface area contributed by atoms with Gasteiger partial charge in [-0.25, -0.2) is 8.42 Å². The first-order valence-electron chi connectivity index (χ1n) is 8.44. The molecule has 0 fully saturated rings. The lowest BCUT2D eigenvalue weighted by molar-refractivity contribution is -0.116. The van der Waals surface area contributed by atoms with Crippen LogP contribution < -0.4 is 19.1 Å². The third-order valence-electron chi connectivity index (χ3n) is 4.57. The molecule has 8 heteroatoms. The van der Waals surface area contributed by atoms with E-state index in [4.69, 9.17) is 9.47 Å². The molecule has 0 saturated heterocycles. The highest BCUT2D eigenvalue weighted by Gasteiger charge is 2.30. The lowest BCUT2D eigenvalue weighted by Gasteiger charge is -2.20. The van der Waals surface area contributed by atoms with E-state index in [1.807, 2.05) is 6.92 Å². The van der Waals surface area contributed by atoms with Crippen molar-refractivity contribution in [2.75, 3.05) is 23.8 Å². The van der Waals surface area contributed by atoms with Crippen LogP contribution in [0.3, 0.4) is 0 Å². The van der Waals surface area contributed by atoms with Crippen molar-refractivity contribution in [2.45, 2.75) is 31.2 Å². The summed E-state index contributed by atoms with van der Waals surface area (Å²) in [7, 11) is -0.836. The summed E-state index contributed by atoms with van der Waals surface area (Å²) in [5.41, 5.74) is 1.91. The van der Waals surface area contributed by atoms with Crippen molar-refractivity contribution < 1.29 is 22.7 Å². The van der Waals surface area contributed by atoms with Gasteiger partial charge in [0, 0.05) is 24.7 Å². The lowest BCUT2D eigenvalue weighted by Crippen LogP contribution is -2.33. The third kappa shape index (κ3) is 3.57. The molecule has 1 aliphatic heterocycles. The van der Waals surface area contributed by atoms with Gasteiger partial charge in [0.05, 0.1) is 24.8 Å². The first-order chi connectivity index (χ1) is 12.8. The van der Waals surface area contributed by atoms with Crippen molar-refractivity contribution >= 4 is 27.3 Å². The molecule has 0 aromatic heterocycles. The lowest BCUT2D eigenvalue weighted by atomic mass is 10.1. The minimum Gasteiger partial charge on any atom is -0.497 e. The summed E-state index contributed by atoms with van der Waals surface area (Å²) in [6.45, 7) is 3.45. The smallest absolute Gasteiger partial charge is 0.262 e. The van der Waals surface area contributed by atoms with Crippen LogP contribution in [0, 0.1) is 0 Å². The number of ether oxygens (including phenoxy) is 2. The molecule has 0 aliphatic carbocycles. The average molecular weight is 390 g/mol. The van der Waals surface area contributed by atoms with Gasteiger partial charge in [-0.1, -0.05) is 0 Å². The summed E-state index contributed by atoms with van der Waals surface area (Å²) in [6.07, 6.45) is 0.615. The molecule has 144 valence electrons. The summed E-state index contributed by atoms with van der Waals surface area (Å²) in [5, 5.41) is 0. The second kappa shape index (κ2) is 7.11. The molecular weight excluding hydrogens is 368 g/mol. The fraction of sp³-hybridized carbons (Fsp3) is 0.316. The van der Waals surface area contributed by atoms with Crippen LogP contribution in [-0.2, 0) is 21.2 Å². The summed E-state index contributed by atoms with van der Waals surface area (Å²) in [6, 6.07) is 9.65. The Bertz CT molecular complexity index is 988. The fourth-order valence-electron chi connectivity index (χ4n) is 3.34. The molecule has 0 spiro atoms. The van der Waals surface area contributed by atoms with Gasteiger partial charge in [0.2, 0.25) is 5.91 Å². The van der Waals surface area contributed by atoms with E-state index < -0.39 is 10.0 Å². The Hall–Kier alpha value is -2.74. The molecule has 3 rings (SSSR count). The zero-order valence-electron chi connectivity index (χ0n) is 15.6. The molecule has 0 bridgehead atoms. The maximum Gasteiger partial charge on any atom is 0.262 e. The van der Waals surface area contributed by atoms with Gasteiger partial charge in [-0.2, -0.15) is 0 Å². The van der Waals surface area contributed by atoms with Crippen LogP contribution in [-0.4, -0.2) is 34.6 Å². The van der Waals surface area contributed by atoms with Crippen LogP contribution in [0.15, 0.2) is 41.3 Å². The molecule has 0 saturated carbocycles. The Morgan fingerprint density at radius 3 is 2.52 bits per heavy atom. The second-order valence-corrected chi connectivity index (χ2v) is 8.09. The molecular formula is C19H22N2O5S. The number of nitrogens with zero attached hydrogens (tertiary/aromatic N) is 1. The number of amides is 1. The molecule has 0 unspecified atom stereocenters. The molecule has 2 aromatic carbocycles. The van der Waals surface area contributed by atoms with E-state index in [0.29, 0.717) is 23.6 Å². The Morgan fingerprint density at radius 1 is 1.15 bits per heavy atom. The van der Waals surface area contributed by atoms with Crippen LogP contribution in [0.1, 0.15) is 19.4 Å². The van der Waals surface area contributed by atoms with Crippen LogP contribution in [0.5, 0.6) is 11.5 Å². The van der Waals surface area contributed by atoms with Crippen molar-refractivity contribution in [3.05, 3.63) is 42.0 Å². The van der Waals surface area contributed by atoms with Crippen LogP contribution in [0.4, 0.5) is 11.4 Å². The number of methoxy groups -OCH3 is 2. The quantitative estimate of drug-likeness (QED) is 0.849. The molecule has 1 heterocycles. The first-order valence-corrected chi connectivity index (χ1v) is 9.92. The zero-order valence-corrected chi connectivity index (χ0v) is 16.5. The number of sulfonamides is 1. The standard InChI is InChI=1S/C19H22N2O5S/c1-12-9-14-10-16(6-8-18(14)21(12)13(2)22)27(23,24)20-17-7-5-15(25-3)11-19(17)26-4/h5-8,10-12,20H,9H2,1-4H3/t12-/m0/s1. The topological polar surface area (TPSA) is 84.9 Å². The number of fused-ring (bicyclic) bond motifs is 1. The maximum absolute atomic E-state index is 12.8. The number of rotatable bonds is 5. The van der Waals surface area contributed by atoms with E-state index in [1.54, 1.807) is 35.2 Å².